The second-order valence-corrected chi connectivity index (χ2v) is 7.18. The van der Waals surface area contributed by atoms with Gasteiger partial charge in [0.25, 0.3) is 0 Å². The van der Waals surface area contributed by atoms with E-state index < -0.39 is 17.4 Å². The van der Waals surface area contributed by atoms with Crippen molar-refractivity contribution in [3.63, 3.8) is 0 Å². The van der Waals surface area contributed by atoms with Crippen LogP contribution in [0.25, 0.3) is 0 Å². The van der Waals surface area contributed by atoms with Gasteiger partial charge >= 0.3 is 5.97 Å². The van der Waals surface area contributed by atoms with Crippen LogP contribution in [0.5, 0.6) is 0 Å². The Hall–Kier alpha value is -2.14. The van der Waals surface area contributed by atoms with E-state index in [1.165, 1.54) is 0 Å². The standard InChI is InChI=1S/C20H23NO4/c1-3-4-11-24-19(23)16-15-9-10-20(25-15)12-21(18(22)17(16)20)14-7-5-13(2)6-8-14/h5-10,15-17H,3-4,11-12H2,1-2H3/t15-,16-,17-,20+/m1/s1. The van der Waals surface area contributed by atoms with Gasteiger partial charge in [-0.3, -0.25) is 9.59 Å². The Kier molecular flexibility index (Phi) is 3.91. The molecule has 1 aromatic rings. The summed E-state index contributed by atoms with van der Waals surface area (Å²) in [4.78, 5) is 27.4. The number of anilines is 1. The average Bonchev–Trinajstić information content (AvgIpc) is 3.24. The molecule has 132 valence electrons. The van der Waals surface area contributed by atoms with E-state index in [4.69, 9.17) is 9.47 Å². The van der Waals surface area contributed by atoms with Gasteiger partial charge < -0.3 is 14.4 Å². The van der Waals surface area contributed by atoms with E-state index >= 15 is 0 Å². The zero-order valence-electron chi connectivity index (χ0n) is 14.6. The molecule has 0 N–H and O–H groups in total. The predicted molar refractivity (Wildman–Crippen MR) is 93.1 cm³/mol. The van der Waals surface area contributed by atoms with Crippen molar-refractivity contribution in [1.29, 1.82) is 0 Å². The molecule has 5 heteroatoms. The summed E-state index contributed by atoms with van der Waals surface area (Å²) < 4.78 is 11.5. The molecule has 4 atom stereocenters. The van der Waals surface area contributed by atoms with Gasteiger partial charge in [-0.2, -0.15) is 0 Å². The molecule has 3 heterocycles. The van der Waals surface area contributed by atoms with Gasteiger partial charge in [0, 0.05) is 5.69 Å². The van der Waals surface area contributed by atoms with Crippen molar-refractivity contribution in [2.75, 3.05) is 18.1 Å². The zero-order chi connectivity index (χ0) is 17.6. The molecular weight excluding hydrogens is 318 g/mol. The van der Waals surface area contributed by atoms with Crippen molar-refractivity contribution in [3.8, 4) is 0 Å². The second-order valence-electron chi connectivity index (χ2n) is 7.18. The third-order valence-electron chi connectivity index (χ3n) is 5.46. The zero-order valence-corrected chi connectivity index (χ0v) is 14.6. The van der Waals surface area contributed by atoms with Crippen molar-refractivity contribution in [2.45, 2.75) is 38.4 Å². The van der Waals surface area contributed by atoms with E-state index in [-0.39, 0.29) is 18.0 Å². The van der Waals surface area contributed by atoms with Crippen molar-refractivity contribution in [1.82, 2.24) is 0 Å². The number of ether oxygens (including phenoxy) is 2. The number of rotatable bonds is 5. The number of aryl methyl sites for hydroxylation is 1. The highest BCUT2D eigenvalue weighted by Crippen LogP contribution is 2.52. The largest absolute Gasteiger partial charge is 0.465 e. The number of benzene rings is 1. The number of hydrogen-bond donors (Lipinski definition) is 0. The van der Waals surface area contributed by atoms with Crippen LogP contribution in [-0.4, -0.2) is 36.7 Å². The molecule has 0 aliphatic carbocycles. The first-order valence-corrected chi connectivity index (χ1v) is 8.97. The number of nitrogens with zero attached hydrogens (tertiary/aromatic N) is 1. The first-order chi connectivity index (χ1) is 12.1. The first kappa shape index (κ1) is 16.3. The fourth-order valence-corrected chi connectivity index (χ4v) is 4.12. The highest BCUT2D eigenvalue weighted by molar-refractivity contribution is 6.02. The average molecular weight is 341 g/mol. The summed E-state index contributed by atoms with van der Waals surface area (Å²) in [6, 6.07) is 7.85. The predicted octanol–water partition coefficient (Wildman–Crippen LogP) is 2.62. The molecule has 25 heavy (non-hydrogen) atoms. The van der Waals surface area contributed by atoms with E-state index in [2.05, 4.69) is 0 Å². The van der Waals surface area contributed by atoms with Gasteiger partial charge in [0.15, 0.2) is 0 Å². The van der Waals surface area contributed by atoms with Gasteiger partial charge in [-0.1, -0.05) is 43.2 Å². The van der Waals surface area contributed by atoms with E-state index in [1.807, 2.05) is 50.3 Å². The molecule has 2 saturated heterocycles. The lowest BCUT2D eigenvalue weighted by molar-refractivity contribution is -0.152. The Morgan fingerprint density at radius 1 is 1.36 bits per heavy atom. The van der Waals surface area contributed by atoms with Crippen molar-refractivity contribution in [3.05, 3.63) is 42.0 Å². The lowest BCUT2D eigenvalue weighted by Crippen LogP contribution is -2.40. The van der Waals surface area contributed by atoms with Gasteiger partial charge in [-0.25, -0.2) is 0 Å². The maximum atomic E-state index is 13.1. The second kappa shape index (κ2) is 5.99. The monoisotopic (exact) mass is 341 g/mol. The fourth-order valence-electron chi connectivity index (χ4n) is 4.12. The summed E-state index contributed by atoms with van der Waals surface area (Å²) >= 11 is 0. The normalized spacial score (nSPS) is 32.3. The van der Waals surface area contributed by atoms with Gasteiger partial charge in [0.2, 0.25) is 5.91 Å². The van der Waals surface area contributed by atoms with E-state index in [1.54, 1.807) is 4.90 Å². The first-order valence-electron chi connectivity index (χ1n) is 8.97. The van der Waals surface area contributed by atoms with Crippen LogP contribution in [0, 0.1) is 18.8 Å². The van der Waals surface area contributed by atoms with Gasteiger partial charge in [-0.05, 0) is 25.5 Å². The smallest absolute Gasteiger partial charge is 0.312 e. The van der Waals surface area contributed by atoms with Crippen LogP contribution in [-0.2, 0) is 19.1 Å². The molecule has 2 bridgehead atoms. The Bertz CT molecular complexity index is 726. The SMILES string of the molecule is CCCCOC(=O)[C@@H]1[C@H]2C=C[C@@]3(CN(c4ccc(C)cc4)C(=O)[C@@H]13)O2. The summed E-state index contributed by atoms with van der Waals surface area (Å²) in [5, 5.41) is 0. The molecule has 1 spiro atoms. The Morgan fingerprint density at radius 2 is 2.12 bits per heavy atom. The van der Waals surface area contributed by atoms with Crippen LogP contribution < -0.4 is 4.90 Å². The van der Waals surface area contributed by atoms with Gasteiger partial charge in [0.05, 0.1) is 25.2 Å². The molecule has 3 aliphatic rings. The van der Waals surface area contributed by atoms with Crippen LogP contribution >= 0.6 is 0 Å². The quantitative estimate of drug-likeness (QED) is 0.469. The minimum absolute atomic E-state index is 0.0480. The number of unbranched alkanes of at least 4 members (excludes halogenated alkanes) is 1. The summed E-state index contributed by atoms with van der Waals surface area (Å²) in [5.74, 6) is -1.38. The number of hydrogen-bond acceptors (Lipinski definition) is 4. The van der Waals surface area contributed by atoms with Gasteiger partial charge in [-0.15, -0.1) is 0 Å². The Morgan fingerprint density at radius 3 is 2.84 bits per heavy atom. The molecule has 1 amide bonds. The molecule has 4 rings (SSSR count). The molecule has 2 fully saturated rings. The minimum Gasteiger partial charge on any atom is -0.465 e. The summed E-state index contributed by atoms with van der Waals surface area (Å²) in [6.07, 6.45) is 5.33. The van der Waals surface area contributed by atoms with Crippen LogP contribution in [0.15, 0.2) is 36.4 Å². The van der Waals surface area contributed by atoms with E-state index in [0.29, 0.717) is 13.2 Å². The maximum absolute atomic E-state index is 13.1. The highest BCUT2D eigenvalue weighted by Gasteiger charge is 2.67. The lowest BCUT2D eigenvalue weighted by atomic mass is 9.77. The number of esters is 1. The Labute approximate surface area is 147 Å². The van der Waals surface area contributed by atoms with E-state index in [0.717, 1.165) is 24.1 Å². The Balaban J connectivity index is 1.59. The highest BCUT2D eigenvalue weighted by atomic mass is 16.6. The summed E-state index contributed by atoms with van der Waals surface area (Å²) in [7, 11) is 0. The van der Waals surface area contributed by atoms with E-state index in [9.17, 15) is 9.59 Å². The molecule has 5 nitrogen and oxygen atoms in total. The number of carbonyl (C=O) groups is 2. The third-order valence-corrected chi connectivity index (χ3v) is 5.46. The molecule has 0 radical (unpaired) electrons. The minimum atomic E-state index is -0.693. The number of carbonyl (C=O) groups excluding carboxylic acids is 2. The van der Waals surface area contributed by atoms with Crippen LogP contribution in [0.1, 0.15) is 25.3 Å². The van der Waals surface area contributed by atoms with Crippen molar-refractivity contribution < 1.29 is 19.1 Å². The number of amides is 1. The number of fused-ring (bicyclic) bond motifs is 1. The third kappa shape index (κ3) is 2.49. The molecule has 0 aromatic heterocycles. The van der Waals surface area contributed by atoms with Crippen LogP contribution in [0.4, 0.5) is 5.69 Å². The maximum Gasteiger partial charge on any atom is 0.312 e. The molecule has 0 unspecified atom stereocenters. The molecule has 0 saturated carbocycles. The summed E-state index contributed by atoms with van der Waals surface area (Å²) in [6.45, 7) is 4.91. The van der Waals surface area contributed by atoms with Crippen molar-refractivity contribution >= 4 is 17.6 Å². The molecule has 3 aliphatic heterocycles. The van der Waals surface area contributed by atoms with Crippen LogP contribution in [0.3, 0.4) is 0 Å². The lowest BCUT2D eigenvalue weighted by Gasteiger charge is -2.22. The topological polar surface area (TPSA) is 55.8 Å². The summed E-state index contributed by atoms with van der Waals surface area (Å²) in [5.41, 5.74) is 1.29. The fraction of sp³-hybridized carbons (Fsp3) is 0.500. The molecular formula is C20H23NO4. The van der Waals surface area contributed by atoms with Crippen molar-refractivity contribution in [2.24, 2.45) is 11.8 Å². The van der Waals surface area contributed by atoms with Crippen LogP contribution in [0.2, 0.25) is 0 Å². The molecule has 1 aromatic carbocycles. The van der Waals surface area contributed by atoms with Gasteiger partial charge in [0.1, 0.15) is 11.5 Å².